The third-order valence-electron chi connectivity index (χ3n) is 4.81. The number of amides is 5. The Morgan fingerprint density at radius 2 is 1.86 bits per heavy atom. The Kier molecular flexibility index (Phi) is 5.53. The van der Waals surface area contributed by atoms with Gasteiger partial charge in [-0.25, -0.2) is 4.79 Å². The van der Waals surface area contributed by atoms with Crippen molar-refractivity contribution in [3.63, 3.8) is 0 Å². The van der Waals surface area contributed by atoms with Crippen molar-refractivity contribution in [1.82, 2.24) is 10.2 Å². The normalized spacial score (nSPS) is 20.8. The molecular formula is C19H22N4O6. The molecule has 1 atom stereocenters. The first-order chi connectivity index (χ1) is 13.7. The topological polar surface area (TPSA) is 134 Å². The fourth-order valence-electron chi connectivity index (χ4n) is 3.19. The van der Waals surface area contributed by atoms with Crippen molar-refractivity contribution in [2.24, 2.45) is 5.92 Å². The molecule has 2 aliphatic rings. The lowest BCUT2D eigenvalue weighted by Gasteiger charge is -2.20. The largest absolute Gasteiger partial charge is 0.454 e. The second-order valence-corrected chi connectivity index (χ2v) is 7.27. The second kappa shape index (κ2) is 7.90. The lowest BCUT2D eigenvalue weighted by molar-refractivity contribution is -0.150. The molecule has 154 valence electrons. The van der Waals surface area contributed by atoms with Crippen molar-refractivity contribution < 1.29 is 28.7 Å². The molecule has 1 aliphatic carbocycles. The van der Waals surface area contributed by atoms with Crippen LogP contribution in [0, 0.1) is 5.92 Å². The standard InChI is InChI=1S/C19H22N4O6/c1-11(24)20-13-4-3-5-14(8-13)21-15(25)10-29-16(26)9-23-17(27)19(2,12-6-7-12)22-18(23)28/h3-5,8,12H,6-7,9-10H2,1-2H3,(H,20,24)(H,21,25)(H,22,28)/t19-/m0/s1. The summed E-state index contributed by atoms with van der Waals surface area (Å²) in [7, 11) is 0. The molecule has 3 rings (SSSR count). The zero-order valence-electron chi connectivity index (χ0n) is 16.1. The van der Waals surface area contributed by atoms with E-state index in [0.29, 0.717) is 11.4 Å². The Morgan fingerprint density at radius 3 is 2.48 bits per heavy atom. The Bertz CT molecular complexity index is 881. The van der Waals surface area contributed by atoms with Crippen molar-refractivity contribution in [2.45, 2.75) is 32.2 Å². The zero-order chi connectivity index (χ0) is 21.2. The first kappa shape index (κ1) is 20.3. The Morgan fingerprint density at radius 1 is 1.21 bits per heavy atom. The number of nitrogens with one attached hydrogen (secondary N) is 3. The molecule has 29 heavy (non-hydrogen) atoms. The summed E-state index contributed by atoms with van der Waals surface area (Å²) in [5.74, 6) is -2.09. The van der Waals surface area contributed by atoms with Crippen LogP contribution in [0.2, 0.25) is 0 Å². The van der Waals surface area contributed by atoms with Gasteiger partial charge in [-0.05, 0) is 43.9 Å². The highest BCUT2D eigenvalue weighted by molar-refractivity contribution is 6.09. The number of carbonyl (C=O) groups excluding carboxylic acids is 5. The summed E-state index contributed by atoms with van der Waals surface area (Å²) in [6, 6.07) is 5.82. The number of benzene rings is 1. The van der Waals surface area contributed by atoms with Crippen LogP contribution in [0.3, 0.4) is 0 Å². The van der Waals surface area contributed by atoms with E-state index in [1.165, 1.54) is 6.92 Å². The van der Waals surface area contributed by atoms with Gasteiger partial charge in [-0.2, -0.15) is 0 Å². The number of nitrogens with zero attached hydrogens (tertiary/aromatic N) is 1. The Hall–Kier alpha value is -3.43. The van der Waals surface area contributed by atoms with Crippen LogP contribution >= 0.6 is 0 Å². The first-order valence-electron chi connectivity index (χ1n) is 9.16. The molecule has 0 unspecified atom stereocenters. The fraction of sp³-hybridized carbons (Fsp3) is 0.421. The molecule has 0 aromatic heterocycles. The van der Waals surface area contributed by atoms with Crippen molar-refractivity contribution >= 4 is 41.1 Å². The molecule has 10 heteroatoms. The van der Waals surface area contributed by atoms with Gasteiger partial charge < -0.3 is 20.7 Å². The number of rotatable bonds is 7. The number of ether oxygens (including phenoxy) is 1. The van der Waals surface area contributed by atoms with E-state index in [1.54, 1.807) is 31.2 Å². The smallest absolute Gasteiger partial charge is 0.326 e. The van der Waals surface area contributed by atoms with E-state index in [0.717, 1.165) is 17.7 Å². The minimum atomic E-state index is -0.979. The summed E-state index contributed by atoms with van der Waals surface area (Å²) in [5, 5.41) is 7.75. The average molecular weight is 402 g/mol. The highest BCUT2D eigenvalue weighted by Gasteiger charge is 2.56. The average Bonchev–Trinajstić information content (AvgIpc) is 3.46. The molecule has 0 radical (unpaired) electrons. The Balaban J connectivity index is 1.48. The van der Waals surface area contributed by atoms with E-state index in [1.807, 2.05) is 0 Å². The second-order valence-electron chi connectivity index (χ2n) is 7.27. The zero-order valence-corrected chi connectivity index (χ0v) is 16.1. The van der Waals surface area contributed by atoms with Gasteiger partial charge in [0, 0.05) is 18.3 Å². The molecule has 1 heterocycles. The van der Waals surface area contributed by atoms with Gasteiger partial charge in [-0.15, -0.1) is 0 Å². The number of imide groups is 1. The summed E-state index contributed by atoms with van der Waals surface area (Å²) in [5.41, 5.74) is -0.0654. The van der Waals surface area contributed by atoms with Gasteiger partial charge in [0.2, 0.25) is 5.91 Å². The summed E-state index contributed by atoms with van der Waals surface area (Å²) in [6.45, 7) is 1.88. The van der Waals surface area contributed by atoms with Gasteiger partial charge in [0.15, 0.2) is 6.61 Å². The SMILES string of the molecule is CC(=O)Nc1cccc(NC(=O)COC(=O)CN2C(=O)N[C@@](C)(C3CC3)C2=O)c1. The van der Waals surface area contributed by atoms with Gasteiger partial charge >= 0.3 is 12.0 Å². The fourth-order valence-corrected chi connectivity index (χ4v) is 3.19. The molecule has 10 nitrogen and oxygen atoms in total. The highest BCUT2D eigenvalue weighted by atomic mass is 16.5. The van der Waals surface area contributed by atoms with Crippen molar-refractivity contribution in [1.29, 1.82) is 0 Å². The van der Waals surface area contributed by atoms with Gasteiger partial charge in [0.25, 0.3) is 11.8 Å². The van der Waals surface area contributed by atoms with Gasteiger partial charge in [0.1, 0.15) is 12.1 Å². The molecule has 1 saturated heterocycles. The van der Waals surface area contributed by atoms with Gasteiger partial charge in [-0.3, -0.25) is 24.1 Å². The lowest BCUT2D eigenvalue weighted by atomic mass is 9.96. The molecule has 2 fully saturated rings. The van der Waals surface area contributed by atoms with E-state index in [4.69, 9.17) is 4.74 Å². The van der Waals surface area contributed by atoms with Crippen molar-refractivity contribution in [2.75, 3.05) is 23.8 Å². The number of esters is 1. The van der Waals surface area contributed by atoms with Gasteiger partial charge in [-0.1, -0.05) is 6.07 Å². The van der Waals surface area contributed by atoms with Crippen LogP contribution in [0.1, 0.15) is 26.7 Å². The van der Waals surface area contributed by atoms with E-state index in [-0.39, 0.29) is 11.8 Å². The maximum absolute atomic E-state index is 12.5. The summed E-state index contributed by atoms with van der Waals surface area (Å²) in [6.07, 6.45) is 1.70. The maximum Gasteiger partial charge on any atom is 0.326 e. The molecule has 1 aromatic rings. The van der Waals surface area contributed by atoms with E-state index < -0.39 is 42.5 Å². The predicted octanol–water partition coefficient (Wildman–Crippen LogP) is 0.847. The van der Waals surface area contributed by atoms with Crippen LogP contribution in [0.25, 0.3) is 0 Å². The van der Waals surface area contributed by atoms with Crippen LogP contribution < -0.4 is 16.0 Å². The number of hydrogen-bond acceptors (Lipinski definition) is 6. The van der Waals surface area contributed by atoms with E-state index in [2.05, 4.69) is 16.0 Å². The summed E-state index contributed by atoms with van der Waals surface area (Å²) in [4.78, 5) is 60.4. The van der Waals surface area contributed by atoms with Crippen molar-refractivity contribution in [3.05, 3.63) is 24.3 Å². The van der Waals surface area contributed by atoms with Gasteiger partial charge in [0.05, 0.1) is 0 Å². The minimum Gasteiger partial charge on any atom is -0.454 e. The molecule has 1 aromatic carbocycles. The third-order valence-corrected chi connectivity index (χ3v) is 4.81. The highest BCUT2D eigenvalue weighted by Crippen LogP contribution is 2.42. The number of carbonyl (C=O) groups is 5. The summed E-state index contributed by atoms with van der Waals surface area (Å²) >= 11 is 0. The predicted molar refractivity (Wildman–Crippen MR) is 102 cm³/mol. The van der Waals surface area contributed by atoms with Crippen molar-refractivity contribution in [3.8, 4) is 0 Å². The first-order valence-corrected chi connectivity index (χ1v) is 9.16. The molecule has 0 spiro atoms. The lowest BCUT2D eigenvalue weighted by Crippen LogP contribution is -2.46. The van der Waals surface area contributed by atoms with Crippen LogP contribution in [-0.2, 0) is 23.9 Å². The summed E-state index contributed by atoms with van der Waals surface area (Å²) < 4.78 is 4.88. The molecule has 1 saturated carbocycles. The van der Waals surface area contributed by atoms with Crippen LogP contribution in [0.15, 0.2) is 24.3 Å². The van der Waals surface area contributed by atoms with E-state index in [9.17, 15) is 24.0 Å². The molecule has 3 N–H and O–H groups in total. The monoisotopic (exact) mass is 402 g/mol. The maximum atomic E-state index is 12.5. The molecule has 1 aliphatic heterocycles. The Labute approximate surface area is 166 Å². The third kappa shape index (κ3) is 4.71. The number of anilines is 2. The molecule has 0 bridgehead atoms. The minimum absolute atomic E-state index is 0.0824. The van der Waals surface area contributed by atoms with Crippen LogP contribution in [-0.4, -0.2) is 53.3 Å². The van der Waals surface area contributed by atoms with Crippen LogP contribution in [0.4, 0.5) is 16.2 Å². The number of hydrogen-bond donors (Lipinski definition) is 3. The van der Waals surface area contributed by atoms with E-state index >= 15 is 0 Å². The quantitative estimate of drug-likeness (QED) is 0.457. The number of urea groups is 1. The molecule has 5 amide bonds. The van der Waals surface area contributed by atoms with Crippen LogP contribution in [0.5, 0.6) is 0 Å². The molecular weight excluding hydrogens is 380 g/mol.